The molecule has 0 amide bonds. The van der Waals surface area contributed by atoms with Crippen LogP contribution in [0.3, 0.4) is 0 Å². The lowest BCUT2D eigenvalue weighted by Crippen LogP contribution is -2.24. The second-order valence-corrected chi connectivity index (χ2v) is 5.00. The first kappa shape index (κ1) is 15.7. The van der Waals surface area contributed by atoms with Crippen molar-refractivity contribution in [3.05, 3.63) is 70.1 Å². The normalized spacial score (nSPS) is 12.1. The Labute approximate surface area is 133 Å². The second-order valence-electron chi connectivity index (χ2n) is 5.00. The molecule has 0 saturated carbocycles. The smallest absolute Gasteiger partial charge is 0.368 e. The molecule has 3 aromatic rings. The van der Waals surface area contributed by atoms with E-state index in [4.69, 9.17) is 5.73 Å². The molecule has 0 aliphatic heterocycles. The number of alkyl halides is 3. The zero-order chi connectivity index (χ0) is 17.3. The van der Waals surface area contributed by atoms with E-state index in [1.807, 2.05) is 36.4 Å². The monoisotopic (exact) mass is 332 g/mol. The summed E-state index contributed by atoms with van der Waals surface area (Å²) >= 11 is 0. The van der Waals surface area contributed by atoms with Crippen LogP contribution >= 0.6 is 0 Å². The maximum Gasteiger partial charge on any atom is 0.433 e. The van der Waals surface area contributed by atoms with Gasteiger partial charge in [0.05, 0.1) is 6.21 Å². The van der Waals surface area contributed by atoms with Crippen LogP contribution in [0.1, 0.15) is 11.3 Å². The highest BCUT2D eigenvalue weighted by atomic mass is 19.4. The number of aromatic nitrogens is 2. The van der Waals surface area contributed by atoms with Crippen molar-refractivity contribution in [3.63, 3.8) is 0 Å². The average molecular weight is 332 g/mol. The van der Waals surface area contributed by atoms with Gasteiger partial charge in [0, 0.05) is 6.07 Å². The number of benzene rings is 2. The van der Waals surface area contributed by atoms with Crippen LogP contribution in [0.5, 0.6) is 0 Å². The highest BCUT2D eigenvalue weighted by Gasteiger charge is 2.33. The fourth-order valence-electron chi connectivity index (χ4n) is 2.17. The highest BCUT2D eigenvalue weighted by Crippen LogP contribution is 2.26. The van der Waals surface area contributed by atoms with E-state index in [1.165, 1.54) is 6.21 Å². The molecule has 0 aliphatic rings. The summed E-state index contributed by atoms with van der Waals surface area (Å²) in [5.74, 6) is -0.633. The molecule has 0 spiro atoms. The quantitative estimate of drug-likeness (QED) is 0.733. The van der Waals surface area contributed by atoms with Crippen molar-refractivity contribution in [2.24, 2.45) is 5.10 Å². The van der Waals surface area contributed by atoms with Crippen molar-refractivity contribution >= 4 is 22.9 Å². The Hall–Kier alpha value is -3.16. The lowest BCUT2D eigenvalue weighted by molar-refractivity contribution is -0.141. The molecule has 0 radical (unpaired) electrons. The third-order valence-corrected chi connectivity index (χ3v) is 3.31. The molecule has 122 valence electrons. The number of fused-ring (bicyclic) bond motifs is 1. The molecule has 1 aromatic heterocycles. The first-order chi connectivity index (χ1) is 11.3. The Morgan fingerprint density at radius 1 is 1.08 bits per heavy atom. The highest BCUT2D eigenvalue weighted by molar-refractivity contribution is 5.90. The first-order valence-corrected chi connectivity index (χ1v) is 6.84. The van der Waals surface area contributed by atoms with Crippen LogP contribution in [0, 0.1) is 0 Å². The zero-order valence-electron chi connectivity index (χ0n) is 12.2. The van der Waals surface area contributed by atoms with E-state index >= 15 is 0 Å². The van der Waals surface area contributed by atoms with Crippen molar-refractivity contribution in [1.82, 2.24) is 9.66 Å². The van der Waals surface area contributed by atoms with Gasteiger partial charge in [-0.1, -0.05) is 36.4 Å². The largest absolute Gasteiger partial charge is 0.433 e. The summed E-state index contributed by atoms with van der Waals surface area (Å²) in [6.45, 7) is 0. The predicted molar refractivity (Wildman–Crippen MR) is 84.9 cm³/mol. The minimum absolute atomic E-state index is 0.355. The molecule has 0 saturated heterocycles. The second kappa shape index (κ2) is 5.80. The summed E-state index contributed by atoms with van der Waals surface area (Å²) in [6, 6.07) is 13.5. The van der Waals surface area contributed by atoms with Gasteiger partial charge in [-0.05, 0) is 22.4 Å². The van der Waals surface area contributed by atoms with Gasteiger partial charge in [-0.3, -0.25) is 4.79 Å². The molecule has 0 bridgehead atoms. The minimum Gasteiger partial charge on any atom is -0.368 e. The van der Waals surface area contributed by atoms with E-state index in [2.05, 4.69) is 10.1 Å². The summed E-state index contributed by atoms with van der Waals surface area (Å²) < 4.78 is 38.3. The van der Waals surface area contributed by atoms with Crippen LogP contribution in [0.4, 0.5) is 19.1 Å². The fraction of sp³-hybridized carbons (Fsp3) is 0.0625. The summed E-state index contributed by atoms with van der Waals surface area (Å²) in [6.07, 6.45) is -3.41. The summed E-state index contributed by atoms with van der Waals surface area (Å²) in [5.41, 5.74) is 3.73. The molecule has 1 heterocycles. The molecule has 24 heavy (non-hydrogen) atoms. The summed E-state index contributed by atoms with van der Waals surface area (Å²) in [5, 5.41) is 5.83. The van der Waals surface area contributed by atoms with Crippen LogP contribution in [-0.2, 0) is 6.18 Å². The molecule has 3 rings (SSSR count). The molecule has 0 atom stereocenters. The standard InChI is InChI=1S/C16H11F3N4O/c17-16(18,19)13-8-14(24)23(15(20)22-13)21-9-10-5-6-11-3-1-2-4-12(11)7-10/h1-9H,(H2,20,22)/b21-9-. The number of hydrogen-bond acceptors (Lipinski definition) is 4. The van der Waals surface area contributed by atoms with Gasteiger partial charge in [0.1, 0.15) is 0 Å². The number of anilines is 1. The van der Waals surface area contributed by atoms with Gasteiger partial charge in [-0.25, -0.2) is 4.98 Å². The van der Waals surface area contributed by atoms with E-state index in [0.717, 1.165) is 10.8 Å². The summed E-state index contributed by atoms with van der Waals surface area (Å²) in [7, 11) is 0. The molecular weight excluding hydrogens is 321 g/mol. The van der Waals surface area contributed by atoms with E-state index in [0.29, 0.717) is 16.3 Å². The van der Waals surface area contributed by atoms with Crippen LogP contribution < -0.4 is 11.3 Å². The maximum atomic E-state index is 12.6. The lowest BCUT2D eigenvalue weighted by atomic mass is 10.1. The zero-order valence-corrected chi connectivity index (χ0v) is 12.2. The molecule has 0 unspecified atom stereocenters. The number of halogens is 3. The molecule has 2 aromatic carbocycles. The van der Waals surface area contributed by atoms with Gasteiger partial charge >= 0.3 is 6.18 Å². The lowest BCUT2D eigenvalue weighted by Gasteiger charge is -2.08. The SMILES string of the molecule is Nc1nc(C(F)(F)F)cc(=O)n1/N=C\c1ccc2ccccc2c1. The third-order valence-electron chi connectivity index (χ3n) is 3.31. The van der Waals surface area contributed by atoms with E-state index in [9.17, 15) is 18.0 Å². The van der Waals surface area contributed by atoms with Crippen LogP contribution in [0.2, 0.25) is 0 Å². The molecule has 0 aliphatic carbocycles. The Kier molecular flexibility index (Phi) is 3.80. The van der Waals surface area contributed by atoms with Gasteiger partial charge in [0.2, 0.25) is 5.95 Å². The molecule has 2 N–H and O–H groups in total. The Morgan fingerprint density at radius 2 is 1.79 bits per heavy atom. The van der Waals surface area contributed by atoms with Gasteiger partial charge in [-0.15, -0.1) is 0 Å². The molecule has 0 fully saturated rings. The van der Waals surface area contributed by atoms with Crippen LogP contribution in [-0.4, -0.2) is 15.9 Å². The van der Waals surface area contributed by atoms with Crippen molar-refractivity contribution in [2.45, 2.75) is 6.18 Å². The van der Waals surface area contributed by atoms with Crippen molar-refractivity contribution in [1.29, 1.82) is 0 Å². The fourth-order valence-corrected chi connectivity index (χ4v) is 2.17. The van der Waals surface area contributed by atoms with Crippen LogP contribution in [0.25, 0.3) is 10.8 Å². The number of nitrogens with zero attached hydrogens (tertiary/aromatic N) is 3. The third kappa shape index (κ3) is 3.12. The van der Waals surface area contributed by atoms with Crippen molar-refractivity contribution < 1.29 is 13.2 Å². The number of rotatable bonds is 2. The van der Waals surface area contributed by atoms with Gasteiger partial charge in [0.15, 0.2) is 5.69 Å². The topological polar surface area (TPSA) is 73.3 Å². The molecule has 5 nitrogen and oxygen atoms in total. The predicted octanol–water partition coefficient (Wildman–Crippen LogP) is 2.88. The maximum absolute atomic E-state index is 12.6. The molecular formula is C16H11F3N4O. The van der Waals surface area contributed by atoms with Crippen molar-refractivity contribution in [2.75, 3.05) is 5.73 Å². The number of nitrogen functional groups attached to an aromatic ring is 1. The minimum atomic E-state index is -4.74. The van der Waals surface area contributed by atoms with Crippen molar-refractivity contribution in [3.8, 4) is 0 Å². The van der Waals surface area contributed by atoms with E-state index in [-0.39, 0.29) is 0 Å². The molecule has 8 heteroatoms. The average Bonchev–Trinajstić information content (AvgIpc) is 2.53. The number of nitrogens with two attached hydrogens (primary N) is 1. The van der Waals surface area contributed by atoms with Crippen LogP contribution in [0.15, 0.2) is 58.4 Å². The van der Waals surface area contributed by atoms with Gasteiger partial charge in [0.25, 0.3) is 5.56 Å². The van der Waals surface area contributed by atoms with Gasteiger partial charge < -0.3 is 5.73 Å². The number of hydrogen-bond donors (Lipinski definition) is 1. The van der Waals surface area contributed by atoms with E-state index in [1.54, 1.807) is 6.07 Å². The first-order valence-electron chi connectivity index (χ1n) is 6.84. The van der Waals surface area contributed by atoms with E-state index < -0.39 is 23.4 Å². The van der Waals surface area contributed by atoms with Gasteiger partial charge in [-0.2, -0.15) is 22.9 Å². The summed E-state index contributed by atoms with van der Waals surface area (Å²) in [4.78, 5) is 14.9. The Balaban J connectivity index is 1.97. The Bertz CT molecular complexity index is 993. The Morgan fingerprint density at radius 3 is 2.46 bits per heavy atom.